The molecule has 1 amide bonds. The molecule has 1 aromatic carbocycles. The lowest BCUT2D eigenvalue weighted by Gasteiger charge is -2.32. The van der Waals surface area contributed by atoms with Crippen molar-refractivity contribution in [3.8, 4) is 5.75 Å². The lowest BCUT2D eigenvalue weighted by atomic mass is 9.69. The summed E-state index contributed by atoms with van der Waals surface area (Å²) in [6, 6.07) is 1.56. The topological polar surface area (TPSA) is 61.9 Å². The first kappa shape index (κ1) is 19.8. The molecule has 4 nitrogen and oxygen atoms in total. The van der Waals surface area contributed by atoms with Crippen molar-refractivity contribution in [3.05, 3.63) is 21.7 Å². The second-order valence-electron chi connectivity index (χ2n) is 7.81. The van der Waals surface area contributed by atoms with Crippen LogP contribution in [0.2, 0.25) is 10.0 Å². The molecule has 0 radical (unpaired) electrons. The molecule has 1 aliphatic heterocycles. The van der Waals surface area contributed by atoms with Gasteiger partial charge in [-0.05, 0) is 55.6 Å². The molecular formula is C20H27Cl2NO3. The number of amides is 1. The van der Waals surface area contributed by atoms with Crippen LogP contribution in [0.25, 0.3) is 0 Å². The first-order valence-corrected chi connectivity index (χ1v) is 10.2. The number of hydrogen-bond donors (Lipinski definition) is 2. The van der Waals surface area contributed by atoms with Crippen molar-refractivity contribution in [1.29, 1.82) is 0 Å². The number of benzene rings is 1. The number of carbonyl (C=O) groups is 1. The summed E-state index contributed by atoms with van der Waals surface area (Å²) >= 11 is 12.5. The molecule has 2 N–H and O–H groups in total. The summed E-state index contributed by atoms with van der Waals surface area (Å²) in [7, 11) is 0. The maximum absolute atomic E-state index is 13.1. The fourth-order valence-electron chi connectivity index (χ4n) is 4.72. The Labute approximate surface area is 165 Å². The smallest absolute Gasteiger partial charge is 0.259 e. The standard InChI is InChI=1S/C20H27Cl2NO3/c1-5-13-14(21)10-15(17(24)16(13)22)23-18(25)19(6-2)20(26-19)8-7-11(3)9-12(20)4/h10-12,24H,5-9H2,1-4H3,(H,23,25). The Bertz CT molecular complexity index is 738. The van der Waals surface area contributed by atoms with Crippen LogP contribution in [0.1, 0.15) is 58.9 Å². The zero-order chi connectivity index (χ0) is 19.3. The summed E-state index contributed by atoms with van der Waals surface area (Å²) in [5.41, 5.74) is -0.340. The van der Waals surface area contributed by atoms with Gasteiger partial charge in [0.05, 0.1) is 10.7 Å². The molecule has 0 bridgehead atoms. The Balaban J connectivity index is 1.87. The average Bonchev–Trinajstić information content (AvgIpc) is 3.27. The number of anilines is 1. The summed E-state index contributed by atoms with van der Waals surface area (Å²) in [6.45, 7) is 8.29. The first-order chi connectivity index (χ1) is 12.2. The molecule has 6 heteroatoms. The number of hydrogen-bond acceptors (Lipinski definition) is 3. The number of phenols is 1. The van der Waals surface area contributed by atoms with E-state index < -0.39 is 11.2 Å². The van der Waals surface area contributed by atoms with Crippen molar-refractivity contribution < 1.29 is 14.6 Å². The number of rotatable bonds is 4. The largest absolute Gasteiger partial charge is 0.504 e. The molecule has 2 aliphatic rings. The number of carbonyl (C=O) groups excluding carboxylic acids is 1. The summed E-state index contributed by atoms with van der Waals surface area (Å²) < 4.78 is 6.16. The second-order valence-corrected chi connectivity index (χ2v) is 8.59. The van der Waals surface area contributed by atoms with Crippen molar-refractivity contribution in [1.82, 2.24) is 0 Å². The number of phenolic OH excluding ortho intramolecular Hbond substituents is 1. The number of epoxide rings is 1. The van der Waals surface area contributed by atoms with Gasteiger partial charge in [-0.1, -0.05) is 50.9 Å². The molecule has 0 aromatic heterocycles. The SMILES string of the molecule is CCc1c(Cl)cc(NC(=O)C2(CC)OC23CCC(C)CC3C)c(O)c1Cl. The van der Waals surface area contributed by atoms with Gasteiger partial charge in [0.1, 0.15) is 5.60 Å². The van der Waals surface area contributed by atoms with E-state index in [2.05, 4.69) is 19.2 Å². The van der Waals surface area contributed by atoms with E-state index in [4.69, 9.17) is 27.9 Å². The Kier molecular flexibility index (Phi) is 5.24. The fraction of sp³-hybridized carbons (Fsp3) is 0.650. The highest BCUT2D eigenvalue weighted by Crippen LogP contribution is 2.62. The number of halogens is 2. The zero-order valence-corrected chi connectivity index (χ0v) is 17.3. The fourth-order valence-corrected chi connectivity index (χ4v) is 5.44. The molecular weight excluding hydrogens is 373 g/mol. The van der Waals surface area contributed by atoms with Crippen LogP contribution >= 0.6 is 23.2 Å². The van der Waals surface area contributed by atoms with Crippen LogP contribution in [0, 0.1) is 11.8 Å². The maximum atomic E-state index is 13.1. The van der Waals surface area contributed by atoms with E-state index >= 15 is 0 Å². The molecule has 1 saturated carbocycles. The van der Waals surface area contributed by atoms with E-state index in [1.54, 1.807) is 6.07 Å². The van der Waals surface area contributed by atoms with Crippen LogP contribution in [-0.2, 0) is 16.0 Å². The molecule has 1 saturated heterocycles. The quantitative estimate of drug-likeness (QED) is 0.513. The molecule has 144 valence electrons. The van der Waals surface area contributed by atoms with Gasteiger partial charge in [-0.25, -0.2) is 0 Å². The van der Waals surface area contributed by atoms with E-state index in [0.29, 0.717) is 35.3 Å². The highest BCUT2D eigenvalue weighted by atomic mass is 35.5. The Morgan fingerprint density at radius 3 is 2.65 bits per heavy atom. The number of ether oxygens (including phenoxy) is 1. The van der Waals surface area contributed by atoms with Crippen molar-refractivity contribution in [2.45, 2.75) is 71.0 Å². The van der Waals surface area contributed by atoms with Crippen molar-refractivity contribution in [2.24, 2.45) is 11.8 Å². The Morgan fingerprint density at radius 1 is 1.38 bits per heavy atom. The molecule has 2 fully saturated rings. The Hall–Kier alpha value is -0.970. The molecule has 26 heavy (non-hydrogen) atoms. The van der Waals surface area contributed by atoms with Gasteiger partial charge in [-0.3, -0.25) is 4.79 Å². The molecule has 4 unspecified atom stereocenters. The zero-order valence-electron chi connectivity index (χ0n) is 15.8. The van der Waals surface area contributed by atoms with Crippen molar-refractivity contribution >= 4 is 34.8 Å². The van der Waals surface area contributed by atoms with Crippen LogP contribution in [0.3, 0.4) is 0 Å². The second kappa shape index (κ2) is 6.88. The molecule has 4 atom stereocenters. The van der Waals surface area contributed by atoms with Gasteiger partial charge in [0.2, 0.25) is 0 Å². The van der Waals surface area contributed by atoms with E-state index in [-0.39, 0.29) is 22.4 Å². The highest BCUT2D eigenvalue weighted by Gasteiger charge is 2.75. The van der Waals surface area contributed by atoms with E-state index in [1.807, 2.05) is 13.8 Å². The minimum atomic E-state index is -0.846. The predicted molar refractivity (Wildman–Crippen MR) is 105 cm³/mol. The van der Waals surface area contributed by atoms with Gasteiger partial charge >= 0.3 is 0 Å². The first-order valence-electron chi connectivity index (χ1n) is 9.43. The summed E-state index contributed by atoms with van der Waals surface area (Å²) in [6.07, 6.45) is 4.20. The minimum Gasteiger partial charge on any atom is -0.504 e. The van der Waals surface area contributed by atoms with Gasteiger partial charge < -0.3 is 15.2 Å². The monoisotopic (exact) mass is 399 g/mol. The molecule has 1 aliphatic carbocycles. The molecule has 1 spiro atoms. The third-order valence-electron chi connectivity index (χ3n) is 6.31. The number of nitrogens with one attached hydrogen (secondary N) is 1. The summed E-state index contributed by atoms with van der Waals surface area (Å²) in [5, 5.41) is 13.8. The van der Waals surface area contributed by atoms with Gasteiger partial charge in [-0.15, -0.1) is 0 Å². The van der Waals surface area contributed by atoms with Crippen LogP contribution < -0.4 is 5.32 Å². The summed E-state index contributed by atoms with van der Waals surface area (Å²) in [4.78, 5) is 13.1. The average molecular weight is 400 g/mol. The van der Waals surface area contributed by atoms with Gasteiger partial charge in [0.15, 0.2) is 11.4 Å². The molecule has 3 rings (SSSR count). The van der Waals surface area contributed by atoms with Crippen molar-refractivity contribution in [2.75, 3.05) is 5.32 Å². The third-order valence-corrected chi connectivity index (χ3v) is 7.06. The Morgan fingerprint density at radius 2 is 2.08 bits per heavy atom. The van der Waals surface area contributed by atoms with Crippen LogP contribution in [0.5, 0.6) is 5.75 Å². The van der Waals surface area contributed by atoms with Crippen LogP contribution in [-0.4, -0.2) is 22.2 Å². The van der Waals surface area contributed by atoms with Crippen LogP contribution in [0.15, 0.2) is 6.07 Å². The lowest BCUT2D eigenvalue weighted by molar-refractivity contribution is -0.121. The predicted octanol–water partition coefficient (Wildman–Crippen LogP) is 5.57. The lowest BCUT2D eigenvalue weighted by Crippen LogP contribution is -2.43. The van der Waals surface area contributed by atoms with Gasteiger partial charge in [0.25, 0.3) is 5.91 Å². The van der Waals surface area contributed by atoms with Crippen molar-refractivity contribution in [3.63, 3.8) is 0 Å². The van der Waals surface area contributed by atoms with E-state index in [1.165, 1.54) is 0 Å². The molecule has 1 heterocycles. The summed E-state index contributed by atoms with van der Waals surface area (Å²) in [5.74, 6) is 0.599. The third kappa shape index (κ3) is 2.81. The maximum Gasteiger partial charge on any atom is 0.259 e. The minimum absolute atomic E-state index is 0.146. The van der Waals surface area contributed by atoms with Gasteiger partial charge in [-0.2, -0.15) is 0 Å². The molecule has 1 aromatic rings. The normalized spacial score (nSPS) is 33.3. The van der Waals surface area contributed by atoms with E-state index in [9.17, 15) is 9.90 Å². The van der Waals surface area contributed by atoms with E-state index in [0.717, 1.165) is 19.3 Å². The van der Waals surface area contributed by atoms with Gasteiger partial charge in [0, 0.05) is 5.02 Å². The van der Waals surface area contributed by atoms with Crippen LogP contribution in [0.4, 0.5) is 5.69 Å². The highest BCUT2D eigenvalue weighted by molar-refractivity contribution is 6.37. The number of aromatic hydroxyl groups is 1.